The molecule has 4 rings (SSSR count). The fourth-order valence-corrected chi connectivity index (χ4v) is 3.24. The Kier molecular flexibility index (Phi) is 4.05. The highest BCUT2D eigenvalue weighted by Crippen LogP contribution is 2.29. The molecule has 0 saturated heterocycles. The van der Waals surface area contributed by atoms with Crippen LogP contribution in [0.3, 0.4) is 0 Å². The summed E-state index contributed by atoms with van der Waals surface area (Å²) in [6, 6.07) is 18.8. The zero-order valence-electron chi connectivity index (χ0n) is 13.8. The van der Waals surface area contributed by atoms with Crippen LogP contribution >= 0.6 is 15.9 Å². The number of pyridine rings is 1. The van der Waals surface area contributed by atoms with Crippen molar-refractivity contribution in [3.63, 3.8) is 0 Å². The molecule has 0 amide bonds. The van der Waals surface area contributed by atoms with Crippen LogP contribution in [0.5, 0.6) is 0 Å². The smallest absolute Gasteiger partial charge is 0.336 e. The maximum Gasteiger partial charge on any atom is 0.336 e. The third-order valence-electron chi connectivity index (χ3n) is 4.18. The second-order valence-electron chi connectivity index (χ2n) is 5.90. The molecule has 0 saturated carbocycles. The average Bonchev–Trinajstić information content (AvgIpc) is 2.99. The van der Waals surface area contributed by atoms with Crippen molar-refractivity contribution >= 4 is 32.9 Å². The Morgan fingerprint density at radius 3 is 2.42 bits per heavy atom. The highest BCUT2D eigenvalue weighted by molar-refractivity contribution is 9.10. The molecule has 0 unspecified atom stereocenters. The molecule has 1 N–H and O–H groups in total. The quantitative estimate of drug-likeness (QED) is 0.526. The lowest BCUT2D eigenvalue weighted by atomic mass is 10.1. The molecule has 0 fully saturated rings. The number of carbonyl (C=O) groups is 1. The van der Waals surface area contributed by atoms with Gasteiger partial charge >= 0.3 is 5.97 Å². The molecule has 0 bridgehead atoms. The van der Waals surface area contributed by atoms with Crippen LogP contribution in [0.15, 0.2) is 65.1 Å². The molecule has 0 spiro atoms. The van der Waals surface area contributed by atoms with Gasteiger partial charge in [0.2, 0.25) is 0 Å². The second kappa shape index (κ2) is 6.38. The Morgan fingerprint density at radius 1 is 1.08 bits per heavy atom. The monoisotopic (exact) mass is 407 g/mol. The molecule has 6 heteroatoms. The van der Waals surface area contributed by atoms with E-state index in [2.05, 4.69) is 21.0 Å². The number of carboxylic acids is 1. The molecule has 26 heavy (non-hydrogen) atoms. The van der Waals surface area contributed by atoms with Gasteiger partial charge < -0.3 is 5.11 Å². The molecule has 2 aromatic heterocycles. The van der Waals surface area contributed by atoms with Gasteiger partial charge in [0.1, 0.15) is 0 Å². The molecular formula is C20H14BrN3O2. The number of fused-ring (bicyclic) bond motifs is 1. The molecule has 0 aliphatic rings. The molecular weight excluding hydrogens is 394 g/mol. The van der Waals surface area contributed by atoms with Crippen molar-refractivity contribution in [3.05, 3.63) is 76.4 Å². The Morgan fingerprint density at radius 2 is 1.77 bits per heavy atom. The first-order valence-corrected chi connectivity index (χ1v) is 8.79. The first-order chi connectivity index (χ1) is 12.5. The number of halogens is 1. The number of para-hydroxylation sites is 1. The summed E-state index contributed by atoms with van der Waals surface area (Å²) in [7, 11) is 0. The highest BCUT2D eigenvalue weighted by Gasteiger charge is 2.20. The van der Waals surface area contributed by atoms with Crippen molar-refractivity contribution in [2.45, 2.75) is 6.92 Å². The maximum absolute atomic E-state index is 11.9. The van der Waals surface area contributed by atoms with Gasteiger partial charge in [0.25, 0.3) is 0 Å². The van der Waals surface area contributed by atoms with Crippen molar-refractivity contribution < 1.29 is 9.90 Å². The van der Waals surface area contributed by atoms with Crippen LogP contribution in [0, 0.1) is 6.92 Å². The Hall–Kier alpha value is -2.99. The second-order valence-corrected chi connectivity index (χ2v) is 6.81. The van der Waals surface area contributed by atoms with E-state index in [1.807, 2.05) is 54.6 Å². The third kappa shape index (κ3) is 2.78. The largest absolute Gasteiger partial charge is 0.478 e. The zero-order valence-corrected chi connectivity index (χ0v) is 15.4. The lowest BCUT2D eigenvalue weighted by molar-refractivity contribution is 0.0699. The van der Waals surface area contributed by atoms with E-state index in [0.29, 0.717) is 22.4 Å². The zero-order chi connectivity index (χ0) is 18.3. The van der Waals surface area contributed by atoms with E-state index in [1.165, 1.54) is 0 Å². The van der Waals surface area contributed by atoms with Crippen LogP contribution in [-0.4, -0.2) is 25.8 Å². The van der Waals surface area contributed by atoms with E-state index >= 15 is 0 Å². The summed E-state index contributed by atoms with van der Waals surface area (Å²) < 4.78 is 2.64. The standard InChI is InChI=1S/C20H14BrN3O2/c1-12-18-16(20(25)26)11-17(13-7-9-14(21)10-8-13)22-19(18)24(23-12)15-5-3-2-4-6-15/h2-11H,1H3,(H,25,26). The van der Waals surface area contributed by atoms with Gasteiger partial charge in [-0.05, 0) is 37.3 Å². The Bertz CT molecular complexity index is 1120. The SMILES string of the molecule is Cc1nn(-c2ccccc2)c2nc(-c3ccc(Br)cc3)cc(C(=O)O)c12. The van der Waals surface area contributed by atoms with E-state index in [-0.39, 0.29) is 5.56 Å². The van der Waals surface area contributed by atoms with E-state index in [9.17, 15) is 9.90 Å². The summed E-state index contributed by atoms with van der Waals surface area (Å²) in [4.78, 5) is 16.6. The van der Waals surface area contributed by atoms with Gasteiger partial charge in [0.05, 0.1) is 28.0 Å². The van der Waals surface area contributed by atoms with Crippen LogP contribution < -0.4 is 0 Å². The van der Waals surface area contributed by atoms with Crippen LogP contribution in [-0.2, 0) is 0 Å². The molecule has 2 aromatic carbocycles. The van der Waals surface area contributed by atoms with E-state index in [4.69, 9.17) is 4.98 Å². The summed E-state index contributed by atoms with van der Waals surface area (Å²) in [5.74, 6) is -0.994. The lowest BCUT2D eigenvalue weighted by Crippen LogP contribution is -2.02. The van der Waals surface area contributed by atoms with Crippen LogP contribution in [0.4, 0.5) is 0 Å². The number of aromatic nitrogens is 3. The number of hydrogen-bond donors (Lipinski definition) is 1. The predicted octanol–water partition coefficient (Wildman–Crippen LogP) is 4.86. The average molecular weight is 408 g/mol. The third-order valence-corrected chi connectivity index (χ3v) is 4.71. The van der Waals surface area contributed by atoms with Gasteiger partial charge in [-0.1, -0.05) is 46.3 Å². The molecule has 0 radical (unpaired) electrons. The van der Waals surface area contributed by atoms with Crippen molar-refractivity contribution in [1.82, 2.24) is 14.8 Å². The fraction of sp³-hybridized carbons (Fsp3) is 0.0500. The molecule has 5 nitrogen and oxygen atoms in total. The van der Waals surface area contributed by atoms with E-state index < -0.39 is 5.97 Å². The number of rotatable bonds is 3. The van der Waals surface area contributed by atoms with Crippen molar-refractivity contribution in [2.75, 3.05) is 0 Å². The molecule has 0 atom stereocenters. The summed E-state index contributed by atoms with van der Waals surface area (Å²) in [6.07, 6.45) is 0. The summed E-state index contributed by atoms with van der Waals surface area (Å²) >= 11 is 3.41. The number of nitrogens with zero attached hydrogens (tertiary/aromatic N) is 3. The predicted molar refractivity (Wildman–Crippen MR) is 104 cm³/mol. The minimum Gasteiger partial charge on any atom is -0.478 e. The number of hydrogen-bond acceptors (Lipinski definition) is 3. The molecule has 4 aromatic rings. The minimum absolute atomic E-state index is 0.201. The summed E-state index contributed by atoms with van der Waals surface area (Å²) in [5, 5.41) is 14.8. The maximum atomic E-state index is 11.9. The molecule has 128 valence electrons. The number of carboxylic acid groups (broad SMARTS) is 1. The minimum atomic E-state index is -0.994. The van der Waals surface area contributed by atoms with Gasteiger partial charge in [-0.25, -0.2) is 14.5 Å². The molecule has 0 aliphatic heterocycles. The molecule has 2 heterocycles. The van der Waals surface area contributed by atoms with Crippen molar-refractivity contribution in [1.29, 1.82) is 0 Å². The summed E-state index contributed by atoms with van der Waals surface area (Å²) in [6.45, 7) is 1.80. The first-order valence-electron chi connectivity index (χ1n) is 7.99. The lowest BCUT2D eigenvalue weighted by Gasteiger charge is -2.07. The number of benzene rings is 2. The Labute approximate surface area is 158 Å². The van der Waals surface area contributed by atoms with Crippen LogP contribution in [0.2, 0.25) is 0 Å². The Balaban J connectivity index is 2.04. The van der Waals surface area contributed by atoms with Gasteiger partial charge in [0.15, 0.2) is 5.65 Å². The van der Waals surface area contributed by atoms with Crippen molar-refractivity contribution in [3.8, 4) is 16.9 Å². The van der Waals surface area contributed by atoms with Crippen LogP contribution in [0.1, 0.15) is 16.1 Å². The fourth-order valence-electron chi connectivity index (χ4n) is 2.98. The van der Waals surface area contributed by atoms with E-state index in [0.717, 1.165) is 15.7 Å². The van der Waals surface area contributed by atoms with Gasteiger partial charge in [0, 0.05) is 10.0 Å². The highest BCUT2D eigenvalue weighted by atomic mass is 79.9. The van der Waals surface area contributed by atoms with E-state index in [1.54, 1.807) is 17.7 Å². The summed E-state index contributed by atoms with van der Waals surface area (Å²) in [5.41, 5.74) is 3.65. The normalized spacial score (nSPS) is 11.0. The number of aromatic carboxylic acids is 1. The van der Waals surface area contributed by atoms with Crippen molar-refractivity contribution in [2.24, 2.45) is 0 Å². The van der Waals surface area contributed by atoms with Gasteiger partial charge in [-0.15, -0.1) is 0 Å². The van der Waals surface area contributed by atoms with Gasteiger partial charge in [-0.2, -0.15) is 5.10 Å². The van der Waals surface area contributed by atoms with Crippen LogP contribution in [0.25, 0.3) is 28.0 Å². The van der Waals surface area contributed by atoms with Gasteiger partial charge in [-0.3, -0.25) is 0 Å². The first kappa shape index (κ1) is 16.5. The molecule has 0 aliphatic carbocycles. The topological polar surface area (TPSA) is 68.0 Å². The number of aryl methyl sites for hydroxylation is 1.